The molecule has 0 bridgehead atoms. The molecule has 1 aliphatic carbocycles. The Morgan fingerprint density at radius 3 is 3.10 bits per heavy atom. The van der Waals surface area contributed by atoms with Crippen LogP contribution in [0.5, 0.6) is 0 Å². The fraction of sp³-hybridized carbons (Fsp3) is 0.364. The summed E-state index contributed by atoms with van der Waals surface area (Å²) < 4.78 is 7.30. The zero-order valence-electron chi connectivity index (χ0n) is 17.5. The quantitative estimate of drug-likeness (QED) is 0.407. The number of thioether (sulfide) groups is 1. The van der Waals surface area contributed by atoms with Crippen LogP contribution in [0.1, 0.15) is 35.1 Å². The van der Waals surface area contributed by atoms with Crippen LogP contribution in [0, 0.1) is 24.2 Å². The number of anilines is 1. The van der Waals surface area contributed by atoms with Crippen LogP contribution in [0.15, 0.2) is 34.6 Å². The summed E-state index contributed by atoms with van der Waals surface area (Å²) in [5, 5.41) is 22.4. The number of thiophene rings is 1. The summed E-state index contributed by atoms with van der Waals surface area (Å²) >= 11 is 2.84. The first kappa shape index (κ1) is 21.4. The van der Waals surface area contributed by atoms with Crippen LogP contribution in [0.2, 0.25) is 0 Å². The lowest BCUT2D eigenvalue weighted by atomic mass is 9.89. The van der Waals surface area contributed by atoms with Crippen molar-refractivity contribution >= 4 is 34.0 Å². The summed E-state index contributed by atoms with van der Waals surface area (Å²) in [7, 11) is 0. The minimum atomic E-state index is -0.164. The second kappa shape index (κ2) is 9.12. The first-order chi connectivity index (χ1) is 15.0. The van der Waals surface area contributed by atoms with Crippen molar-refractivity contribution < 1.29 is 9.21 Å². The molecule has 31 heavy (non-hydrogen) atoms. The highest BCUT2D eigenvalue weighted by molar-refractivity contribution is 7.99. The van der Waals surface area contributed by atoms with E-state index in [1.54, 1.807) is 12.3 Å². The van der Waals surface area contributed by atoms with E-state index in [-0.39, 0.29) is 11.7 Å². The lowest BCUT2D eigenvalue weighted by molar-refractivity contribution is -0.113. The van der Waals surface area contributed by atoms with Gasteiger partial charge in [-0.1, -0.05) is 24.8 Å². The third-order valence-corrected chi connectivity index (χ3v) is 7.47. The average Bonchev–Trinajstić information content (AvgIpc) is 3.43. The van der Waals surface area contributed by atoms with Gasteiger partial charge in [0.25, 0.3) is 0 Å². The average molecular weight is 454 g/mol. The van der Waals surface area contributed by atoms with Crippen molar-refractivity contribution in [2.75, 3.05) is 11.1 Å². The molecule has 160 valence electrons. The highest BCUT2D eigenvalue weighted by atomic mass is 32.2. The van der Waals surface area contributed by atoms with Crippen molar-refractivity contribution in [3.8, 4) is 17.5 Å². The molecular weight excluding hydrogens is 430 g/mol. The lowest BCUT2D eigenvalue weighted by Crippen LogP contribution is -2.15. The number of allylic oxidation sites excluding steroid dienone is 1. The van der Waals surface area contributed by atoms with Crippen molar-refractivity contribution in [1.82, 2.24) is 14.8 Å². The largest absolute Gasteiger partial charge is 0.469 e. The molecule has 4 rings (SSSR count). The number of amides is 1. The highest BCUT2D eigenvalue weighted by Gasteiger charge is 2.25. The summed E-state index contributed by atoms with van der Waals surface area (Å²) in [6.07, 6.45) is 6.34. The molecule has 0 unspecified atom stereocenters. The number of aryl methyl sites for hydroxylation is 1. The van der Waals surface area contributed by atoms with Gasteiger partial charge in [-0.15, -0.1) is 28.1 Å². The van der Waals surface area contributed by atoms with E-state index >= 15 is 0 Å². The first-order valence-corrected chi connectivity index (χ1v) is 11.9. The monoisotopic (exact) mass is 453 g/mol. The van der Waals surface area contributed by atoms with Gasteiger partial charge in [0.15, 0.2) is 11.0 Å². The number of nitriles is 1. The Hall–Kier alpha value is -2.83. The summed E-state index contributed by atoms with van der Waals surface area (Å²) in [6.45, 7) is 8.43. The van der Waals surface area contributed by atoms with Gasteiger partial charge in [-0.25, -0.2) is 0 Å². The second-order valence-electron chi connectivity index (χ2n) is 7.60. The molecule has 0 aromatic carbocycles. The maximum absolute atomic E-state index is 12.7. The van der Waals surface area contributed by atoms with Gasteiger partial charge in [0.1, 0.15) is 16.8 Å². The first-order valence-electron chi connectivity index (χ1n) is 10.1. The molecule has 0 aliphatic heterocycles. The van der Waals surface area contributed by atoms with Crippen molar-refractivity contribution in [3.63, 3.8) is 0 Å². The van der Waals surface area contributed by atoms with E-state index in [1.807, 2.05) is 17.6 Å². The fourth-order valence-corrected chi connectivity index (χ4v) is 5.88. The van der Waals surface area contributed by atoms with Crippen molar-refractivity contribution in [2.45, 2.75) is 44.8 Å². The second-order valence-corrected chi connectivity index (χ2v) is 9.65. The molecule has 1 atom stereocenters. The van der Waals surface area contributed by atoms with Crippen LogP contribution in [-0.4, -0.2) is 26.4 Å². The fourth-order valence-electron chi connectivity index (χ4n) is 3.76. The molecule has 0 saturated carbocycles. The number of fused-ring (bicyclic) bond motifs is 1. The van der Waals surface area contributed by atoms with E-state index in [9.17, 15) is 10.1 Å². The minimum Gasteiger partial charge on any atom is -0.469 e. The number of nitrogens with zero attached hydrogens (tertiary/aromatic N) is 4. The van der Waals surface area contributed by atoms with E-state index in [1.165, 1.54) is 28.0 Å². The molecular formula is C22H23N5O2S2. The van der Waals surface area contributed by atoms with Gasteiger partial charge in [-0.05, 0) is 43.7 Å². The Balaban J connectivity index is 1.48. The van der Waals surface area contributed by atoms with Crippen LogP contribution < -0.4 is 5.32 Å². The third kappa shape index (κ3) is 4.31. The molecule has 3 heterocycles. The Morgan fingerprint density at radius 1 is 1.55 bits per heavy atom. The number of hydrogen-bond donors (Lipinski definition) is 1. The summed E-state index contributed by atoms with van der Waals surface area (Å²) in [5.41, 5.74) is 2.60. The topological polar surface area (TPSA) is 96.7 Å². The Kier molecular flexibility index (Phi) is 6.30. The number of nitrogens with one attached hydrogen (secondary N) is 1. The highest BCUT2D eigenvalue weighted by Crippen LogP contribution is 2.39. The third-order valence-electron chi connectivity index (χ3n) is 5.34. The summed E-state index contributed by atoms with van der Waals surface area (Å²) in [6, 6.07) is 4.14. The summed E-state index contributed by atoms with van der Waals surface area (Å²) in [4.78, 5) is 13.9. The molecule has 9 heteroatoms. The molecule has 3 aromatic rings. The minimum absolute atomic E-state index is 0.164. The van der Waals surface area contributed by atoms with E-state index < -0.39 is 0 Å². The predicted molar refractivity (Wildman–Crippen MR) is 122 cm³/mol. The van der Waals surface area contributed by atoms with Gasteiger partial charge in [0.05, 0.1) is 23.1 Å². The van der Waals surface area contributed by atoms with E-state index in [0.29, 0.717) is 34.0 Å². The smallest absolute Gasteiger partial charge is 0.235 e. The van der Waals surface area contributed by atoms with Crippen LogP contribution in [0.3, 0.4) is 0 Å². The molecule has 1 amide bonds. The molecule has 3 aromatic heterocycles. The number of aromatic nitrogens is 3. The Bertz CT molecular complexity index is 1170. The Morgan fingerprint density at radius 2 is 2.39 bits per heavy atom. The van der Waals surface area contributed by atoms with Gasteiger partial charge < -0.3 is 9.73 Å². The molecule has 0 spiro atoms. The molecule has 1 aliphatic rings. The van der Waals surface area contributed by atoms with E-state index in [2.05, 4.69) is 35.1 Å². The molecule has 0 fully saturated rings. The van der Waals surface area contributed by atoms with Gasteiger partial charge in [-0.2, -0.15) is 5.26 Å². The number of furan rings is 1. The maximum Gasteiger partial charge on any atom is 0.235 e. The standard InChI is InChI=1S/C22H23N5O2S2/c1-4-8-27-20(15-7-9-29-14(15)3)25-26-22(27)30-12-19(28)24-21-17(11-23)16-6-5-13(2)10-18(16)31-21/h4,7,9,13H,1,5-6,8,10,12H2,2-3H3,(H,24,28)/t13-/m1/s1. The SMILES string of the molecule is C=CCn1c(SCC(=O)Nc2sc3c(c2C#N)CC[C@@H](C)C3)nnc1-c1ccoc1C. The van der Waals surface area contributed by atoms with E-state index in [4.69, 9.17) is 4.42 Å². The van der Waals surface area contributed by atoms with Gasteiger partial charge in [0, 0.05) is 11.4 Å². The predicted octanol–water partition coefficient (Wildman–Crippen LogP) is 4.82. The molecule has 1 N–H and O–H groups in total. The lowest BCUT2D eigenvalue weighted by Gasteiger charge is -2.17. The van der Waals surface area contributed by atoms with Crippen molar-refractivity contribution in [3.05, 3.63) is 46.7 Å². The van der Waals surface area contributed by atoms with Crippen molar-refractivity contribution in [1.29, 1.82) is 5.26 Å². The van der Waals surface area contributed by atoms with Gasteiger partial charge in [0.2, 0.25) is 5.91 Å². The van der Waals surface area contributed by atoms with Crippen LogP contribution >= 0.6 is 23.1 Å². The Labute approximate surface area is 189 Å². The zero-order valence-corrected chi connectivity index (χ0v) is 19.1. The number of carbonyl (C=O) groups is 1. The van der Waals surface area contributed by atoms with E-state index in [0.717, 1.165) is 36.1 Å². The number of hydrogen-bond acceptors (Lipinski definition) is 7. The van der Waals surface area contributed by atoms with Crippen LogP contribution in [-0.2, 0) is 24.2 Å². The van der Waals surface area contributed by atoms with Crippen molar-refractivity contribution in [2.24, 2.45) is 5.92 Å². The molecule has 0 radical (unpaired) electrons. The number of carbonyl (C=O) groups excluding carboxylic acids is 1. The number of rotatable bonds is 7. The van der Waals surface area contributed by atoms with Crippen LogP contribution in [0.25, 0.3) is 11.4 Å². The van der Waals surface area contributed by atoms with Crippen LogP contribution in [0.4, 0.5) is 5.00 Å². The normalized spacial score (nSPS) is 15.3. The van der Waals surface area contributed by atoms with Gasteiger partial charge >= 0.3 is 0 Å². The molecule has 7 nitrogen and oxygen atoms in total. The summed E-state index contributed by atoms with van der Waals surface area (Å²) in [5.74, 6) is 2.06. The maximum atomic E-state index is 12.7. The van der Waals surface area contributed by atoms with Gasteiger partial charge in [-0.3, -0.25) is 9.36 Å². The molecule has 0 saturated heterocycles. The zero-order chi connectivity index (χ0) is 22.0.